The summed E-state index contributed by atoms with van der Waals surface area (Å²) < 4.78 is 4.06. The molecule has 0 unspecified atom stereocenters. The summed E-state index contributed by atoms with van der Waals surface area (Å²) in [6, 6.07) is 7.56. The number of halogens is 1. The third-order valence-electron chi connectivity index (χ3n) is 1.46. The van der Waals surface area contributed by atoms with Gasteiger partial charge in [-0.05, 0) is 23.9 Å². The average Bonchev–Trinajstić information content (AvgIpc) is 2.56. The van der Waals surface area contributed by atoms with Crippen LogP contribution in [-0.2, 0) is 0 Å². The van der Waals surface area contributed by atoms with Crippen molar-refractivity contribution in [2.45, 2.75) is 10.1 Å². The normalized spacial score (nSPS) is 10.4. The first-order valence-electron chi connectivity index (χ1n) is 3.77. The van der Waals surface area contributed by atoms with E-state index in [9.17, 15) is 0 Å². The van der Waals surface area contributed by atoms with Crippen molar-refractivity contribution in [1.29, 1.82) is 0 Å². The Morgan fingerprint density at radius 3 is 2.79 bits per heavy atom. The highest BCUT2D eigenvalue weighted by molar-refractivity contribution is 7.99. The van der Waals surface area contributed by atoms with Crippen LogP contribution in [0.25, 0.3) is 0 Å². The Morgan fingerprint density at radius 2 is 2.14 bits per heavy atom. The Hall–Kier alpha value is -0.780. The van der Waals surface area contributed by atoms with Crippen molar-refractivity contribution in [3.8, 4) is 0 Å². The molecule has 0 saturated carbocycles. The number of nitrogen functional groups attached to an aromatic ring is 1. The van der Waals surface area contributed by atoms with E-state index in [0.717, 1.165) is 4.90 Å². The molecule has 0 spiro atoms. The van der Waals surface area contributed by atoms with E-state index in [1.807, 2.05) is 24.3 Å². The maximum Gasteiger partial charge on any atom is 0.206 e. The molecular weight excluding hydrogens is 238 g/mol. The number of nitrogens with zero attached hydrogens (tertiary/aromatic N) is 2. The maximum atomic E-state index is 5.98. The molecule has 3 nitrogen and oxygen atoms in total. The Labute approximate surface area is 94.5 Å². The highest BCUT2D eigenvalue weighted by Crippen LogP contribution is 2.31. The molecule has 0 amide bonds. The van der Waals surface area contributed by atoms with E-state index in [4.69, 9.17) is 17.3 Å². The van der Waals surface area contributed by atoms with Crippen molar-refractivity contribution in [3.63, 3.8) is 0 Å². The molecule has 0 atom stereocenters. The molecule has 1 aromatic heterocycles. The smallest absolute Gasteiger partial charge is 0.206 e. The second kappa shape index (κ2) is 4.16. The molecule has 2 rings (SSSR count). The number of hydrogen-bond acceptors (Lipinski definition) is 5. The monoisotopic (exact) mass is 243 g/mol. The number of anilines is 1. The third-order valence-corrected chi connectivity index (χ3v) is 3.50. The summed E-state index contributed by atoms with van der Waals surface area (Å²) in [5.74, 6) is 0. The lowest BCUT2D eigenvalue weighted by Crippen LogP contribution is -1.81. The van der Waals surface area contributed by atoms with Crippen LogP contribution in [-0.4, -0.2) is 9.36 Å². The van der Waals surface area contributed by atoms with Crippen molar-refractivity contribution in [2.75, 3.05) is 5.73 Å². The lowest BCUT2D eigenvalue weighted by molar-refractivity contribution is 1.08. The molecule has 0 aliphatic heterocycles. The molecule has 1 heterocycles. The van der Waals surface area contributed by atoms with Gasteiger partial charge >= 0.3 is 0 Å². The standard InChI is InChI=1S/C8H6ClN3S2/c9-5-3-1-2-4-6(5)13-8-11-7(10)14-12-8/h1-4H,(H2,10,11,12). The zero-order chi connectivity index (χ0) is 9.97. The van der Waals surface area contributed by atoms with Crippen LogP contribution in [0.5, 0.6) is 0 Å². The Balaban J connectivity index is 2.23. The van der Waals surface area contributed by atoms with Crippen LogP contribution < -0.4 is 5.73 Å². The molecule has 1 aromatic carbocycles. The minimum atomic E-state index is 0.472. The van der Waals surface area contributed by atoms with E-state index < -0.39 is 0 Å². The van der Waals surface area contributed by atoms with Gasteiger partial charge in [-0.1, -0.05) is 23.7 Å². The summed E-state index contributed by atoms with van der Waals surface area (Å²) in [5, 5.41) is 1.81. The van der Waals surface area contributed by atoms with Crippen LogP contribution in [0.1, 0.15) is 0 Å². The van der Waals surface area contributed by atoms with Crippen LogP contribution in [0.3, 0.4) is 0 Å². The van der Waals surface area contributed by atoms with E-state index in [-0.39, 0.29) is 0 Å². The van der Waals surface area contributed by atoms with E-state index in [0.29, 0.717) is 15.3 Å². The van der Waals surface area contributed by atoms with Gasteiger partial charge in [0.1, 0.15) is 0 Å². The number of hydrogen-bond donors (Lipinski definition) is 1. The van der Waals surface area contributed by atoms with Crippen molar-refractivity contribution in [2.24, 2.45) is 0 Å². The van der Waals surface area contributed by atoms with Crippen molar-refractivity contribution in [3.05, 3.63) is 29.3 Å². The van der Waals surface area contributed by atoms with Gasteiger partial charge in [0, 0.05) is 16.4 Å². The predicted molar refractivity (Wildman–Crippen MR) is 59.9 cm³/mol. The molecule has 0 aliphatic rings. The van der Waals surface area contributed by atoms with Gasteiger partial charge in [0.2, 0.25) is 10.3 Å². The minimum Gasteiger partial charge on any atom is -0.374 e. The fourth-order valence-electron chi connectivity index (χ4n) is 0.888. The number of nitrogens with two attached hydrogens (primary N) is 1. The topological polar surface area (TPSA) is 51.8 Å². The first-order chi connectivity index (χ1) is 6.75. The molecule has 72 valence electrons. The Bertz CT molecular complexity index is 444. The Morgan fingerprint density at radius 1 is 1.36 bits per heavy atom. The van der Waals surface area contributed by atoms with Gasteiger partial charge in [0.25, 0.3) is 0 Å². The van der Waals surface area contributed by atoms with Crippen LogP contribution in [0.2, 0.25) is 5.02 Å². The molecule has 0 aliphatic carbocycles. The van der Waals surface area contributed by atoms with Gasteiger partial charge in [-0.15, -0.1) is 0 Å². The van der Waals surface area contributed by atoms with E-state index in [2.05, 4.69) is 9.36 Å². The van der Waals surface area contributed by atoms with Crippen molar-refractivity contribution in [1.82, 2.24) is 9.36 Å². The summed E-state index contributed by atoms with van der Waals surface area (Å²) >= 11 is 8.57. The van der Waals surface area contributed by atoms with E-state index >= 15 is 0 Å². The van der Waals surface area contributed by atoms with Crippen LogP contribution in [0.15, 0.2) is 34.3 Å². The second-order valence-corrected chi connectivity index (χ2v) is 4.65. The zero-order valence-electron chi connectivity index (χ0n) is 6.98. The van der Waals surface area contributed by atoms with Crippen molar-refractivity contribution < 1.29 is 0 Å². The lowest BCUT2D eigenvalue weighted by atomic mass is 10.4. The molecule has 6 heteroatoms. The summed E-state index contributed by atoms with van der Waals surface area (Å²) in [6.45, 7) is 0. The Kier molecular flexibility index (Phi) is 2.90. The van der Waals surface area contributed by atoms with Gasteiger partial charge in [0.05, 0.1) is 5.02 Å². The summed E-state index contributed by atoms with van der Waals surface area (Å²) in [7, 11) is 0. The van der Waals surface area contributed by atoms with Crippen LogP contribution >= 0.6 is 34.9 Å². The highest BCUT2D eigenvalue weighted by Gasteiger charge is 2.05. The van der Waals surface area contributed by atoms with E-state index in [1.165, 1.54) is 23.3 Å². The van der Waals surface area contributed by atoms with Gasteiger partial charge < -0.3 is 5.73 Å². The summed E-state index contributed by atoms with van der Waals surface area (Å²) in [5.41, 5.74) is 5.47. The van der Waals surface area contributed by atoms with Crippen molar-refractivity contribution >= 4 is 40.0 Å². The van der Waals surface area contributed by atoms with Gasteiger partial charge in [0.15, 0.2) is 0 Å². The lowest BCUT2D eigenvalue weighted by Gasteiger charge is -1.98. The van der Waals surface area contributed by atoms with Gasteiger partial charge in [-0.3, -0.25) is 0 Å². The largest absolute Gasteiger partial charge is 0.374 e. The first kappa shape index (κ1) is 9.76. The molecule has 14 heavy (non-hydrogen) atoms. The van der Waals surface area contributed by atoms with E-state index in [1.54, 1.807) is 0 Å². The fraction of sp³-hybridized carbons (Fsp3) is 0. The summed E-state index contributed by atoms with van der Waals surface area (Å²) in [4.78, 5) is 4.97. The molecule has 0 bridgehead atoms. The number of benzene rings is 1. The molecular formula is C8H6ClN3S2. The first-order valence-corrected chi connectivity index (χ1v) is 5.74. The summed E-state index contributed by atoms with van der Waals surface area (Å²) in [6.07, 6.45) is 0. The fourth-order valence-corrected chi connectivity index (χ4v) is 2.45. The van der Waals surface area contributed by atoms with Crippen LogP contribution in [0, 0.1) is 0 Å². The molecule has 0 saturated heterocycles. The predicted octanol–water partition coefficient (Wildman–Crippen LogP) is 2.92. The van der Waals surface area contributed by atoms with Crippen LogP contribution in [0.4, 0.5) is 5.13 Å². The zero-order valence-corrected chi connectivity index (χ0v) is 9.36. The third kappa shape index (κ3) is 2.17. The SMILES string of the molecule is Nc1nc(Sc2ccccc2Cl)ns1. The molecule has 2 N–H and O–H groups in total. The molecule has 0 radical (unpaired) electrons. The molecule has 2 aromatic rings. The average molecular weight is 244 g/mol. The number of rotatable bonds is 2. The van der Waals surface area contributed by atoms with Gasteiger partial charge in [-0.25, -0.2) is 0 Å². The van der Waals surface area contributed by atoms with Gasteiger partial charge in [-0.2, -0.15) is 9.36 Å². The highest BCUT2D eigenvalue weighted by atomic mass is 35.5. The minimum absolute atomic E-state index is 0.472. The quantitative estimate of drug-likeness (QED) is 0.881. The number of aromatic nitrogens is 2. The maximum absolute atomic E-state index is 5.98. The second-order valence-electron chi connectivity index (χ2n) is 2.45. The molecule has 0 fully saturated rings.